The van der Waals surface area contributed by atoms with Gasteiger partial charge in [-0.25, -0.2) is 4.79 Å². The first-order valence-corrected chi connectivity index (χ1v) is 6.52. The Labute approximate surface area is 109 Å². The molecular formula is C12H14BrClO2. The summed E-state index contributed by atoms with van der Waals surface area (Å²) in [6.45, 7) is 2.19. The number of rotatable bonds is 5. The summed E-state index contributed by atoms with van der Waals surface area (Å²) >= 11 is 9.02. The molecule has 4 heteroatoms. The molecule has 0 aliphatic heterocycles. The van der Waals surface area contributed by atoms with E-state index in [2.05, 4.69) is 15.9 Å². The van der Waals surface area contributed by atoms with Gasteiger partial charge in [0.25, 0.3) is 0 Å². The summed E-state index contributed by atoms with van der Waals surface area (Å²) < 4.78 is 5.85. The van der Waals surface area contributed by atoms with Gasteiger partial charge in [0.2, 0.25) is 0 Å². The predicted octanol–water partition coefficient (Wildman–Crippen LogP) is 3.80. The van der Waals surface area contributed by atoms with Crippen LogP contribution in [0.4, 0.5) is 0 Å². The zero-order valence-electron chi connectivity index (χ0n) is 9.13. The number of hydrogen-bond donors (Lipinski definition) is 0. The molecule has 88 valence electrons. The monoisotopic (exact) mass is 304 g/mol. The van der Waals surface area contributed by atoms with E-state index in [-0.39, 0.29) is 5.97 Å². The van der Waals surface area contributed by atoms with Crippen LogP contribution in [0, 0.1) is 0 Å². The average molecular weight is 306 g/mol. The van der Waals surface area contributed by atoms with Gasteiger partial charge in [-0.3, -0.25) is 0 Å². The van der Waals surface area contributed by atoms with Crippen molar-refractivity contribution < 1.29 is 9.53 Å². The van der Waals surface area contributed by atoms with Gasteiger partial charge in [0.05, 0.1) is 12.2 Å². The topological polar surface area (TPSA) is 26.3 Å². The molecule has 1 aromatic carbocycles. The summed E-state index contributed by atoms with van der Waals surface area (Å²) in [5.41, 5.74) is 1.68. The second-order valence-electron chi connectivity index (χ2n) is 3.36. The summed E-state index contributed by atoms with van der Waals surface area (Å²) in [5.74, 6) is 0.345. The molecule has 0 saturated heterocycles. The smallest absolute Gasteiger partial charge is 0.338 e. The fourth-order valence-corrected chi connectivity index (χ4v) is 2.07. The van der Waals surface area contributed by atoms with Gasteiger partial charge in [-0.15, -0.1) is 11.6 Å². The van der Waals surface area contributed by atoms with E-state index in [0.29, 0.717) is 18.1 Å². The molecule has 16 heavy (non-hydrogen) atoms. The zero-order valence-corrected chi connectivity index (χ0v) is 11.5. The molecule has 0 aromatic heterocycles. The summed E-state index contributed by atoms with van der Waals surface area (Å²) in [7, 11) is 0. The number of alkyl halides is 1. The summed E-state index contributed by atoms with van der Waals surface area (Å²) in [6, 6.07) is 5.62. The van der Waals surface area contributed by atoms with Crippen molar-refractivity contribution in [1.82, 2.24) is 0 Å². The SMILES string of the molecule is CCOC(=O)c1cc(Br)cc(CCCCl)c1. The standard InChI is InChI=1S/C12H14BrClO2/c1-2-16-12(15)10-6-9(4-3-5-14)7-11(13)8-10/h6-8H,2-5H2,1H3. The molecule has 0 aliphatic carbocycles. The number of benzene rings is 1. The van der Waals surface area contributed by atoms with E-state index in [4.69, 9.17) is 16.3 Å². The number of aryl methyl sites for hydroxylation is 1. The van der Waals surface area contributed by atoms with Crippen molar-refractivity contribution in [2.75, 3.05) is 12.5 Å². The number of esters is 1. The Kier molecular flexibility index (Phi) is 5.85. The Morgan fingerprint density at radius 1 is 1.44 bits per heavy atom. The highest BCUT2D eigenvalue weighted by Gasteiger charge is 2.08. The van der Waals surface area contributed by atoms with Crippen LogP contribution < -0.4 is 0 Å². The molecule has 1 aromatic rings. The predicted molar refractivity (Wildman–Crippen MR) is 69.1 cm³/mol. The highest BCUT2D eigenvalue weighted by Crippen LogP contribution is 2.18. The quantitative estimate of drug-likeness (QED) is 0.611. The van der Waals surface area contributed by atoms with Crippen LogP contribution in [0.3, 0.4) is 0 Å². The van der Waals surface area contributed by atoms with Crippen LogP contribution in [-0.2, 0) is 11.2 Å². The first-order chi connectivity index (χ1) is 7.67. The van der Waals surface area contributed by atoms with Crippen molar-refractivity contribution in [3.63, 3.8) is 0 Å². The number of carbonyl (C=O) groups excluding carboxylic acids is 1. The summed E-state index contributed by atoms with van der Waals surface area (Å²) in [4.78, 5) is 11.6. The number of hydrogen-bond acceptors (Lipinski definition) is 2. The Hall–Kier alpha value is -0.540. The fraction of sp³-hybridized carbons (Fsp3) is 0.417. The van der Waals surface area contributed by atoms with Gasteiger partial charge >= 0.3 is 5.97 Å². The van der Waals surface area contributed by atoms with E-state index in [1.54, 1.807) is 13.0 Å². The maximum Gasteiger partial charge on any atom is 0.338 e. The maximum atomic E-state index is 11.6. The van der Waals surface area contributed by atoms with Gasteiger partial charge in [0.15, 0.2) is 0 Å². The molecule has 0 bridgehead atoms. The summed E-state index contributed by atoms with van der Waals surface area (Å²) in [6.07, 6.45) is 1.77. The molecule has 0 radical (unpaired) electrons. The van der Waals surface area contributed by atoms with E-state index >= 15 is 0 Å². The molecule has 0 unspecified atom stereocenters. The van der Waals surface area contributed by atoms with Crippen LogP contribution in [0.1, 0.15) is 29.3 Å². The molecule has 1 rings (SSSR count). The second kappa shape index (κ2) is 6.92. The molecule has 0 atom stereocenters. The lowest BCUT2D eigenvalue weighted by Crippen LogP contribution is -2.05. The molecule has 0 amide bonds. The normalized spacial score (nSPS) is 10.2. The van der Waals surface area contributed by atoms with E-state index in [1.165, 1.54) is 0 Å². The number of carbonyl (C=O) groups is 1. The highest BCUT2D eigenvalue weighted by molar-refractivity contribution is 9.10. The van der Waals surface area contributed by atoms with Crippen LogP contribution in [0.2, 0.25) is 0 Å². The first kappa shape index (κ1) is 13.5. The van der Waals surface area contributed by atoms with Gasteiger partial charge in [-0.05, 0) is 43.5 Å². The first-order valence-electron chi connectivity index (χ1n) is 5.20. The van der Waals surface area contributed by atoms with Crippen LogP contribution >= 0.6 is 27.5 Å². The Balaban J connectivity index is 2.84. The van der Waals surface area contributed by atoms with Crippen molar-refractivity contribution in [3.8, 4) is 0 Å². The average Bonchev–Trinajstić information content (AvgIpc) is 2.26. The van der Waals surface area contributed by atoms with E-state index in [0.717, 1.165) is 22.9 Å². The van der Waals surface area contributed by atoms with E-state index < -0.39 is 0 Å². The second-order valence-corrected chi connectivity index (χ2v) is 4.65. The molecule has 2 nitrogen and oxygen atoms in total. The third-order valence-electron chi connectivity index (χ3n) is 2.07. The minimum absolute atomic E-state index is 0.282. The highest BCUT2D eigenvalue weighted by atomic mass is 79.9. The lowest BCUT2D eigenvalue weighted by Gasteiger charge is -2.06. The number of ether oxygens (including phenoxy) is 1. The van der Waals surface area contributed by atoms with Gasteiger partial charge in [0.1, 0.15) is 0 Å². The number of halogens is 2. The maximum absolute atomic E-state index is 11.6. The molecule has 0 aliphatic rings. The zero-order chi connectivity index (χ0) is 12.0. The van der Waals surface area contributed by atoms with E-state index in [1.807, 2.05) is 12.1 Å². The lowest BCUT2D eigenvalue weighted by atomic mass is 10.1. The van der Waals surface area contributed by atoms with Crippen molar-refractivity contribution in [3.05, 3.63) is 33.8 Å². The van der Waals surface area contributed by atoms with Crippen molar-refractivity contribution in [2.45, 2.75) is 19.8 Å². The Morgan fingerprint density at radius 3 is 2.81 bits per heavy atom. The molecule has 0 saturated carbocycles. The van der Waals surface area contributed by atoms with Crippen molar-refractivity contribution >= 4 is 33.5 Å². The van der Waals surface area contributed by atoms with Crippen molar-refractivity contribution in [2.24, 2.45) is 0 Å². The molecule has 0 heterocycles. The Morgan fingerprint density at radius 2 is 2.19 bits per heavy atom. The third-order valence-corrected chi connectivity index (χ3v) is 2.79. The largest absolute Gasteiger partial charge is 0.462 e. The van der Waals surface area contributed by atoms with Gasteiger partial charge in [-0.1, -0.05) is 15.9 Å². The molecule has 0 spiro atoms. The van der Waals surface area contributed by atoms with Gasteiger partial charge < -0.3 is 4.74 Å². The van der Waals surface area contributed by atoms with Crippen LogP contribution in [-0.4, -0.2) is 18.5 Å². The minimum Gasteiger partial charge on any atom is -0.462 e. The van der Waals surface area contributed by atoms with Crippen LogP contribution in [0.15, 0.2) is 22.7 Å². The summed E-state index contributed by atoms with van der Waals surface area (Å²) in [5, 5.41) is 0. The van der Waals surface area contributed by atoms with E-state index in [9.17, 15) is 4.79 Å². The fourth-order valence-electron chi connectivity index (χ4n) is 1.40. The lowest BCUT2D eigenvalue weighted by molar-refractivity contribution is 0.0526. The van der Waals surface area contributed by atoms with Gasteiger partial charge in [-0.2, -0.15) is 0 Å². The van der Waals surface area contributed by atoms with Crippen LogP contribution in [0.25, 0.3) is 0 Å². The molecular weight excluding hydrogens is 291 g/mol. The van der Waals surface area contributed by atoms with Crippen molar-refractivity contribution in [1.29, 1.82) is 0 Å². The third kappa shape index (κ3) is 4.14. The Bertz CT molecular complexity index is 366. The molecule has 0 fully saturated rings. The van der Waals surface area contributed by atoms with Crippen LogP contribution in [0.5, 0.6) is 0 Å². The minimum atomic E-state index is -0.282. The molecule has 0 N–H and O–H groups in total. The van der Waals surface area contributed by atoms with Gasteiger partial charge in [0, 0.05) is 10.4 Å².